The maximum Gasteiger partial charge on any atom is 0.147 e. The van der Waals surface area contributed by atoms with Gasteiger partial charge >= 0.3 is 0 Å². The van der Waals surface area contributed by atoms with Crippen LogP contribution in [0.4, 0.5) is 0 Å². The molecule has 0 aliphatic heterocycles. The number of halogens is 1. The Hall–Kier alpha value is -0.0700. The van der Waals surface area contributed by atoms with Gasteiger partial charge in [-0.2, -0.15) is 0 Å². The molecule has 0 radical (unpaired) electrons. The van der Waals surface area contributed by atoms with Gasteiger partial charge < -0.3 is 0 Å². The Balaban J connectivity index is 2.36. The maximum atomic E-state index is 10.9. The average molecular weight is 310 g/mol. The molecule has 0 spiro atoms. The second kappa shape index (κ2) is 5.86. The van der Waals surface area contributed by atoms with Gasteiger partial charge in [0, 0.05) is 22.7 Å². The normalized spacial score (nSPS) is 11.6. The monoisotopic (exact) mass is 309 g/mol. The summed E-state index contributed by atoms with van der Waals surface area (Å²) in [5.41, 5.74) is 0. The molecule has 1 rings (SSSR count). The molecule has 1 heterocycles. The molecule has 0 atom stereocenters. The van der Waals surface area contributed by atoms with Gasteiger partial charge in [-0.15, -0.1) is 11.8 Å². The van der Waals surface area contributed by atoms with Crippen LogP contribution in [0.15, 0.2) is 27.8 Å². The van der Waals surface area contributed by atoms with E-state index in [9.17, 15) is 8.42 Å². The van der Waals surface area contributed by atoms with Gasteiger partial charge in [-0.3, -0.25) is 0 Å². The summed E-state index contributed by atoms with van der Waals surface area (Å²) in [6, 6.07) is 3.77. The van der Waals surface area contributed by atoms with E-state index in [1.165, 1.54) is 6.26 Å². The summed E-state index contributed by atoms with van der Waals surface area (Å²) in [6.07, 6.45) is 3.64. The van der Waals surface area contributed by atoms with E-state index < -0.39 is 9.84 Å². The molecule has 6 heteroatoms. The van der Waals surface area contributed by atoms with Crippen molar-refractivity contribution in [3.8, 4) is 0 Å². The molecule has 0 unspecified atom stereocenters. The Bertz CT molecular complexity index is 420. The first-order valence-electron chi connectivity index (χ1n) is 4.40. The zero-order valence-corrected chi connectivity index (χ0v) is 11.5. The summed E-state index contributed by atoms with van der Waals surface area (Å²) in [5, 5.41) is 0.908. The number of sulfone groups is 1. The third kappa shape index (κ3) is 5.53. The molecule has 0 aliphatic carbocycles. The second-order valence-corrected chi connectivity index (χ2v) is 7.32. The fourth-order valence-corrected chi connectivity index (χ4v) is 3.24. The molecule has 0 bridgehead atoms. The zero-order valence-electron chi connectivity index (χ0n) is 8.31. The highest BCUT2D eigenvalue weighted by Crippen LogP contribution is 2.24. The molecule has 84 valence electrons. The molecule has 0 aliphatic rings. The standard InChI is InChI=1S/C9H12BrNO2S2/c1-15(12,13)7-3-6-14-9-8(10)4-2-5-11-9/h2,4-5H,3,6-7H2,1H3. The van der Waals surface area contributed by atoms with Crippen molar-refractivity contribution in [2.45, 2.75) is 11.4 Å². The largest absolute Gasteiger partial charge is 0.249 e. The van der Waals surface area contributed by atoms with Crippen molar-refractivity contribution >= 4 is 37.5 Å². The van der Waals surface area contributed by atoms with Crippen molar-refractivity contribution in [1.82, 2.24) is 4.98 Å². The second-order valence-electron chi connectivity index (χ2n) is 3.12. The molecule has 0 aromatic carbocycles. The van der Waals surface area contributed by atoms with Crippen LogP contribution in [0.1, 0.15) is 6.42 Å². The highest BCUT2D eigenvalue weighted by atomic mass is 79.9. The van der Waals surface area contributed by atoms with E-state index in [1.807, 2.05) is 12.1 Å². The number of rotatable bonds is 5. The number of hydrogen-bond donors (Lipinski definition) is 0. The van der Waals surface area contributed by atoms with E-state index in [0.717, 1.165) is 15.3 Å². The molecule has 1 aromatic rings. The fraction of sp³-hybridized carbons (Fsp3) is 0.444. The summed E-state index contributed by atoms with van der Waals surface area (Å²) in [5.74, 6) is 1.01. The number of pyridine rings is 1. The predicted molar refractivity (Wildman–Crippen MR) is 67.0 cm³/mol. The molecule has 1 aromatic heterocycles. The van der Waals surface area contributed by atoms with Gasteiger partial charge in [-0.1, -0.05) is 0 Å². The lowest BCUT2D eigenvalue weighted by Gasteiger charge is -2.02. The van der Waals surface area contributed by atoms with Crippen LogP contribution >= 0.6 is 27.7 Å². The van der Waals surface area contributed by atoms with Gasteiger partial charge in [0.05, 0.1) is 5.75 Å². The lowest BCUT2D eigenvalue weighted by atomic mass is 10.5. The molecule has 3 nitrogen and oxygen atoms in total. The quantitative estimate of drug-likeness (QED) is 0.619. The Morgan fingerprint density at radius 1 is 1.53 bits per heavy atom. The van der Waals surface area contributed by atoms with Crippen molar-refractivity contribution in [2.24, 2.45) is 0 Å². The average Bonchev–Trinajstić information content (AvgIpc) is 2.13. The van der Waals surface area contributed by atoms with E-state index in [1.54, 1.807) is 18.0 Å². The minimum atomic E-state index is -2.83. The smallest absolute Gasteiger partial charge is 0.147 e. The van der Waals surface area contributed by atoms with Crippen molar-refractivity contribution in [3.63, 3.8) is 0 Å². The third-order valence-corrected chi connectivity index (χ3v) is 4.65. The van der Waals surface area contributed by atoms with E-state index in [-0.39, 0.29) is 5.75 Å². The number of thioether (sulfide) groups is 1. The summed E-state index contributed by atoms with van der Waals surface area (Å²) < 4.78 is 22.7. The van der Waals surface area contributed by atoms with Crippen LogP contribution in [0.3, 0.4) is 0 Å². The third-order valence-electron chi connectivity index (χ3n) is 1.62. The lowest BCUT2D eigenvalue weighted by molar-refractivity contribution is 0.600. The van der Waals surface area contributed by atoms with Crippen LogP contribution in [0, 0.1) is 0 Å². The Labute approximate surface area is 103 Å². The molecule has 0 saturated heterocycles. The van der Waals surface area contributed by atoms with Crippen molar-refractivity contribution in [1.29, 1.82) is 0 Å². The van der Waals surface area contributed by atoms with Crippen molar-refractivity contribution in [2.75, 3.05) is 17.8 Å². The van der Waals surface area contributed by atoms with Gasteiger partial charge in [0.25, 0.3) is 0 Å². The van der Waals surface area contributed by atoms with Gasteiger partial charge in [0.1, 0.15) is 14.9 Å². The van der Waals surface area contributed by atoms with Crippen molar-refractivity contribution in [3.05, 3.63) is 22.8 Å². The minimum Gasteiger partial charge on any atom is -0.249 e. The first-order valence-corrected chi connectivity index (χ1v) is 8.24. The molecule has 0 fully saturated rings. The molecule has 15 heavy (non-hydrogen) atoms. The minimum absolute atomic E-state index is 0.241. The summed E-state index contributed by atoms with van der Waals surface area (Å²) in [7, 11) is -2.83. The molecular weight excluding hydrogens is 298 g/mol. The summed E-state index contributed by atoms with van der Waals surface area (Å²) >= 11 is 4.95. The molecule has 0 saturated carbocycles. The van der Waals surface area contributed by atoms with Crippen LogP contribution in [0.2, 0.25) is 0 Å². The number of hydrogen-bond acceptors (Lipinski definition) is 4. The predicted octanol–water partition coefficient (Wildman–Crippen LogP) is 2.37. The molecule has 0 amide bonds. The number of aromatic nitrogens is 1. The zero-order chi connectivity index (χ0) is 11.3. The first kappa shape index (κ1) is 13.0. The van der Waals surface area contributed by atoms with Gasteiger partial charge in [-0.05, 0) is 34.5 Å². The van der Waals surface area contributed by atoms with Gasteiger partial charge in [0.15, 0.2) is 0 Å². The molecular formula is C9H12BrNO2S2. The van der Waals surface area contributed by atoms with Crippen LogP contribution in [0.25, 0.3) is 0 Å². The highest BCUT2D eigenvalue weighted by Gasteiger charge is 2.04. The first-order chi connectivity index (χ1) is 6.99. The van der Waals surface area contributed by atoms with Crippen molar-refractivity contribution < 1.29 is 8.42 Å². The van der Waals surface area contributed by atoms with Crippen LogP contribution in [-0.2, 0) is 9.84 Å². The maximum absolute atomic E-state index is 10.9. The summed E-state index contributed by atoms with van der Waals surface area (Å²) in [6.45, 7) is 0. The Morgan fingerprint density at radius 3 is 2.87 bits per heavy atom. The summed E-state index contributed by atoms with van der Waals surface area (Å²) in [4.78, 5) is 4.18. The van der Waals surface area contributed by atoms with Gasteiger partial charge in [0.2, 0.25) is 0 Å². The lowest BCUT2D eigenvalue weighted by Crippen LogP contribution is -2.03. The van der Waals surface area contributed by atoms with Crippen LogP contribution in [-0.4, -0.2) is 31.2 Å². The van der Waals surface area contributed by atoms with E-state index >= 15 is 0 Å². The van der Waals surface area contributed by atoms with Crippen LogP contribution in [0.5, 0.6) is 0 Å². The van der Waals surface area contributed by atoms with Crippen LogP contribution < -0.4 is 0 Å². The SMILES string of the molecule is CS(=O)(=O)CCCSc1ncccc1Br. The molecule has 0 N–H and O–H groups in total. The number of nitrogens with zero attached hydrogens (tertiary/aromatic N) is 1. The van der Waals surface area contributed by atoms with E-state index in [0.29, 0.717) is 6.42 Å². The Morgan fingerprint density at radius 2 is 2.27 bits per heavy atom. The van der Waals surface area contributed by atoms with Gasteiger partial charge in [-0.25, -0.2) is 13.4 Å². The van der Waals surface area contributed by atoms with E-state index in [2.05, 4.69) is 20.9 Å². The fourth-order valence-electron chi connectivity index (χ4n) is 0.967. The highest BCUT2D eigenvalue weighted by molar-refractivity contribution is 9.10. The Kier molecular flexibility index (Phi) is 5.08. The van der Waals surface area contributed by atoms with E-state index in [4.69, 9.17) is 0 Å². The topological polar surface area (TPSA) is 47.0 Å².